The normalized spacial score (nSPS) is 18.4. The molecular weight excluding hydrogens is 454 g/mol. The highest BCUT2D eigenvalue weighted by molar-refractivity contribution is 5.98. The Bertz CT molecular complexity index is 1230. The highest BCUT2D eigenvalue weighted by Crippen LogP contribution is 2.36. The van der Waals surface area contributed by atoms with Crippen LogP contribution in [0, 0.1) is 0 Å². The van der Waals surface area contributed by atoms with Crippen LogP contribution in [-0.4, -0.2) is 44.5 Å². The third-order valence-corrected chi connectivity index (χ3v) is 6.80. The number of benzene rings is 2. The first kappa shape index (κ1) is 23.8. The molecule has 0 spiro atoms. The Kier molecular flexibility index (Phi) is 6.84. The first-order valence-corrected chi connectivity index (χ1v) is 12.6. The van der Waals surface area contributed by atoms with Gasteiger partial charge in [0.25, 0.3) is 5.91 Å². The van der Waals surface area contributed by atoms with E-state index in [-0.39, 0.29) is 35.4 Å². The highest BCUT2D eigenvalue weighted by Gasteiger charge is 2.40. The summed E-state index contributed by atoms with van der Waals surface area (Å²) >= 11 is 0. The number of amides is 2. The maximum Gasteiger partial charge on any atom is 0.299 e. The van der Waals surface area contributed by atoms with Crippen molar-refractivity contribution in [3.05, 3.63) is 83.8 Å². The smallest absolute Gasteiger partial charge is 0.299 e. The van der Waals surface area contributed by atoms with E-state index in [9.17, 15) is 9.59 Å². The lowest BCUT2D eigenvalue weighted by atomic mass is 10.1. The Hall–Kier alpha value is -3.94. The summed E-state index contributed by atoms with van der Waals surface area (Å²) in [7, 11) is 0. The molecule has 0 unspecified atom stereocenters. The molecule has 8 nitrogen and oxygen atoms in total. The lowest BCUT2D eigenvalue weighted by Gasteiger charge is -2.43. The number of hydrogen-bond acceptors (Lipinski definition) is 6. The quantitative estimate of drug-likeness (QED) is 0.502. The Labute approximate surface area is 211 Å². The van der Waals surface area contributed by atoms with E-state index in [4.69, 9.17) is 4.74 Å². The van der Waals surface area contributed by atoms with Gasteiger partial charge in [-0.05, 0) is 50.3 Å². The van der Waals surface area contributed by atoms with Crippen LogP contribution >= 0.6 is 0 Å². The molecule has 3 aromatic rings. The van der Waals surface area contributed by atoms with Crippen LogP contribution < -0.4 is 9.75 Å². The van der Waals surface area contributed by atoms with E-state index in [0.717, 1.165) is 42.5 Å². The summed E-state index contributed by atoms with van der Waals surface area (Å²) in [6.07, 6.45) is 6.32. The zero-order valence-electron chi connectivity index (χ0n) is 20.7. The minimum Gasteiger partial charge on any atom is -0.469 e. The number of ether oxygens (including phenoxy) is 1. The summed E-state index contributed by atoms with van der Waals surface area (Å²) in [5.74, 6) is -0.252. The predicted molar refractivity (Wildman–Crippen MR) is 136 cm³/mol. The van der Waals surface area contributed by atoms with Crippen LogP contribution in [0.1, 0.15) is 67.1 Å². The van der Waals surface area contributed by atoms with Crippen LogP contribution in [0.15, 0.2) is 67.1 Å². The number of carbonyl (C=O) groups excluding carboxylic acids is 2. The number of carbonyl (C=O) groups is 2. The van der Waals surface area contributed by atoms with E-state index >= 15 is 0 Å². The highest BCUT2D eigenvalue weighted by atomic mass is 16.5. The van der Waals surface area contributed by atoms with Crippen LogP contribution in [0.3, 0.4) is 0 Å². The van der Waals surface area contributed by atoms with Gasteiger partial charge in [0.15, 0.2) is 0 Å². The average Bonchev–Trinajstić information content (AvgIpc) is 3.08. The molecule has 2 amide bonds. The Balaban J connectivity index is 1.54. The summed E-state index contributed by atoms with van der Waals surface area (Å²) < 4.78 is 6.18. The molecule has 1 aromatic heterocycles. The fourth-order valence-corrected chi connectivity index (χ4v) is 4.96. The van der Waals surface area contributed by atoms with Crippen molar-refractivity contribution in [2.75, 3.05) is 11.6 Å². The fraction of sp³-hybridized carbons (Fsp3) is 0.357. The van der Waals surface area contributed by atoms with Gasteiger partial charge in [-0.25, -0.2) is 15.0 Å². The molecule has 186 valence electrons. The van der Waals surface area contributed by atoms with Gasteiger partial charge in [0.2, 0.25) is 11.8 Å². The van der Waals surface area contributed by atoms with E-state index in [1.807, 2.05) is 60.5 Å². The third kappa shape index (κ3) is 4.63. The van der Waals surface area contributed by atoms with Crippen molar-refractivity contribution < 1.29 is 14.3 Å². The maximum absolute atomic E-state index is 14.3. The van der Waals surface area contributed by atoms with Crippen LogP contribution in [0.2, 0.25) is 0 Å². The Morgan fingerprint density at radius 2 is 1.86 bits per heavy atom. The molecule has 2 atom stereocenters. The first-order valence-electron chi connectivity index (χ1n) is 12.6. The van der Waals surface area contributed by atoms with Gasteiger partial charge in [0.1, 0.15) is 18.0 Å². The van der Waals surface area contributed by atoms with Crippen molar-refractivity contribution in [2.24, 2.45) is 0 Å². The maximum atomic E-state index is 14.3. The molecule has 0 aliphatic carbocycles. The van der Waals surface area contributed by atoms with Crippen molar-refractivity contribution >= 4 is 17.5 Å². The Morgan fingerprint density at radius 3 is 2.69 bits per heavy atom. The van der Waals surface area contributed by atoms with E-state index in [2.05, 4.69) is 23.0 Å². The number of hydrogen-bond donors (Lipinski definition) is 0. The molecule has 2 aromatic carbocycles. The summed E-state index contributed by atoms with van der Waals surface area (Å²) in [6, 6.07) is 17.8. The number of fused-ring (bicyclic) bond motifs is 1. The first-order chi connectivity index (χ1) is 17.5. The molecule has 0 saturated carbocycles. The number of nitrogens with zero attached hydrogens (tertiary/aromatic N) is 5. The zero-order valence-corrected chi connectivity index (χ0v) is 20.7. The van der Waals surface area contributed by atoms with Crippen molar-refractivity contribution in [3.8, 4) is 5.88 Å². The molecule has 0 N–H and O–H groups in total. The largest absolute Gasteiger partial charge is 0.469 e. The molecule has 0 radical (unpaired) electrons. The number of para-hydroxylation sites is 1. The second kappa shape index (κ2) is 10.4. The van der Waals surface area contributed by atoms with Gasteiger partial charge in [-0.1, -0.05) is 55.0 Å². The summed E-state index contributed by atoms with van der Waals surface area (Å²) in [4.78, 5) is 36.0. The van der Waals surface area contributed by atoms with Gasteiger partial charge < -0.3 is 4.74 Å². The lowest BCUT2D eigenvalue weighted by Crippen LogP contribution is -2.60. The zero-order chi connectivity index (χ0) is 25.1. The summed E-state index contributed by atoms with van der Waals surface area (Å²) in [6.45, 7) is 4.46. The van der Waals surface area contributed by atoms with Gasteiger partial charge in [0, 0.05) is 19.2 Å². The number of anilines is 1. The molecule has 2 aliphatic rings. The molecule has 0 bridgehead atoms. The summed E-state index contributed by atoms with van der Waals surface area (Å²) in [5.41, 5.74) is 3.25. The fourth-order valence-electron chi connectivity index (χ4n) is 4.96. The monoisotopic (exact) mass is 485 g/mol. The summed E-state index contributed by atoms with van der Waals surface area (Å²) in [5, 5.41) is 5.06. The number of rotatable bonds is 6. The molecule has 36 heavy (non-hydrogen) atoms. The second-order valence-corrected chi connectivity index (χ2v) is 9.36. The molecule has 3 heterocycles. The van der Waals surface area contributed by atoms with Crippen LogP contribution in [-0.2, 0) is 11.2 Å². The van der Waals surface area contributed by atoms with Gasteiger partial charge in [-0.2, -0.15) is 0 Å². The van der Waals surface area contributed by atoms with E-state index in [1.165, 1.54) is 17.6 Å². The van der Waals surface area contributed by atoms with Gasteiger partial charge in [-0.15, -0.1) is 5.12 Å². The van der Waals surface area contributed by atoms with Gasteiger partial charge >= 0.3 is 0 Å². The number of aromatic nitrogens is 2. The van der Waals surface area contributed by atoms with E-state index < -0.39 is 0 Å². The SMILES string of the molecule is C[C@H](Oc1ncncc1C(=O)N(N1CCCCCC1=O)N1c2ccccc2C[C@H]1C)c1ccccc1. The van der Waals surface area contributed by atoms with Crippen molar-refractivity contribution in [3.63, 3.8) is 0 Å². The molecule has 2 aliphatic heterocycles. The third-order valence-electron chi connectivity index (χ3n) is 6.80. The lowest BCUT2D eigenvalue weighted by molar-refractivity contribution is -0.145. The van der Waals surface area contributed by atoms with Gasteiger partial charge in [-0.3, -0.25) is 14.6 Å². The van der Waals surface area contributed by atoms with Crippen molar-refractivity contribution in [1.82, 2.24) is 20.1 Å². The molecular formula is C28H31N5O3. The minimum atomic E-state index is -0.385. The Morgan fingerprint density at radius 1 is 1.08 bits per heavy atom. The minimum absolute atomic E-state index is 0.0142. The van der Waals surface area contributed by atoms with Crippen molar-refractivity contribution in [2.45, 2.75) is 58.1 Å². The topological polar surface area (TPSA) is 78.9 Å². The molecule has 1 saturated heterocycles. The second-order valence-electron chi connectivity index (χ2n) is 9.36. The van der Waals surface area contributed by atoms with Crippen molar-refractivity contribution in [1.29, 1.82) is 0 Å². The van der Waals surface area contributed by atoms with Crippen LogP contribution in [0.25, 0.3) is 0 Å². The van der Waals surface area contributed by atoms with Crippen LogP contribution in [0.4, 0.5) is 5.69 Å². The molecule has 5 rings (SSSR count). The predicted octanol–water partition coefficient (Wildman–Crippen LogP) is 4.74. The van der Waals surface area contributed by atoms with E-state index in [1.54, 1.807) is 5.01 Å². The molecule has 1 fully saturated rings. The molecule has 8 heteroatoms. The standard InChI is InChI=1S/C28H31N5O3/c1-20-17-23-13-8-9-14-25(23)32(20)33(31-16-10-4-7-15-26(31)34)28(35)24-18-29-19-30-27(24)36-21(2)22-11-5-3-6-12-22/h3,5-6,8-9,11-14,18-21H,4,7,10,15-17H2,1-2H3/t20-,21+/m1/s1. The van der Waals surface area contributed by atoms with Crippen LogP contribution in [0.5, 0.6) is 5.88 Å². The van der Waals surface area contributed by atoms with E-state index in [0.29, 0.717) is 13.0 Å². The van der Waals surface area contributed by atoms with Gasteiger partial charge in [0.05, 0.1) is 11.7 Å². The average molecular weight is 486 g/mol. The number of hydrazine groups is 2.